The number of benzene rings is 2. The number of anilines is 1. The number of amides is 1. The minimum Gasteiger partial charge on any atom is -0.308 e. The highest BCUT2D eigenvalue weighted by Gasteiger charge is 2.30. The predicted molar refractivity (Wildman–Crippen MR) is 111 cm³/mol. The highest BCUT2D eigenvalue weighted by Crippen LogP contribution is 2.33. The van der Waals surface area contributed by atoms with Crippen LogP contribution in [0, 0.1) is 0 Å². The van der Waals surface area contributed by atoms with Crippen LogP contribution in [0.3, 0.4) is 0 Å². The minimum atomic E-state index is 0.131. The number of fused-ring (bicyclic) bond motifs is 2. The SMILES string of the molecule is CC(C)c1nc(SCC(=O)N2c3ccccc3C[C@H]2C)c2ccccc2n1. The monoisotopic (exact) mass is 377 g/mol. The summed E-state index contributed by atoms with van der Waals surface area (Å²) in [5.41, 5.74) is 3.23. The molecule has 5 heteroatoms. The highest BCUT2D eigenvalue weighted by molar-refractivity contribution is 8.00. The van der Waals surface area contributed by atoms with E-state index in [0.717, 1.165) is 33.9 Å². The molecule has 2 heterocycles. The molecule has 0 fully saturated rings. The van der Waals surface area contributed by atoms with Crippen molar-refractivity contribution in [3.05, 3.63) is 59.9 Å². The average Bonchev–Trinajstić information content (AvgIpc) is 3.01. The van der Waals surface area contributed by atoms with Crippen LogP contribution in [-0.4, -0.2) is 27.7 Å². The van der Waals surface area contributed by atoms with Crippen LogP contribution in [0.1, 0.15) is 38.1 Å². The van der Waals surface area contributed by atoms with Crippen LogP contribution in [0.5, 0.6) is 0 Å². The van der Waals surface area contributed by atoms with E-state index in [1.165, 1.54) is 17.3 Å². The van der Waals surface area contributed by atoms with Crippen molar-refractivity contribution in [3.63, 3.8) is 0 Å². The molecule has 4 nitrogen and oxygen atoms in total. The first-order valence-electron chi connectivity index (χ1n) is 9.34. The summed E-state index contributed by atoms with van der Waals surface area (Å²) in [7, 11) is 0. The maximum atomic E-state index is 13.0. The molecule has 138 valence electrons. The molecule has 1 aliphatic rings. The van der Waals surface area contributed by atoms with Gasteiger partial charge in [0.1, 0.15) is 10.9 Å². The third kappa shape index (κ3) is 3.44. The van der Waals surface area contributed by atoms with Gasteiger partial charge in [-0.25, -0.2) is 9.97 Å². The van der Waals surface area contributed by atoms with Crippen LogP contribution in [0.25, 0.3) is 10.9 Å². The van der Waals surface area contributed by atoms with Crippen molar-refractivity contribution < 1.29 is 4.79 Å². The van der Waals surface area contributed by atoms with Crippen LogP contribution in [-0.2, 0) is 11.2 Å². The molecule has 0 spiro atoms. The van der Waals surface area contributed by atoms with Crippen LogP contribution in [0.15, 0.2) is 53.6 Å². The molecule has 0 N–H and O–H groups in total. The van der Waals surface area contributed by atoms with E-state index in [1.54, 1.807) is 0 Å². The molecule has 1 aliphatic heterocycles. The van der Waals surface area contributed by atoms with E-state index in [1.807, 2.05) is 47.4 Å². The van der Waals surface area contributed by atoms with Crippen LogP contribution in [0.4, 0.5) is 5.69 Å². The Bertz CT molecular complexity index is 1000. The van der Waals surface area contributed by atoms with Gasteiger partial charge in [-0.3, -0.25) is 4.79 Å². The van der Waals surface area contributed by atoms with Gasteiger partial charge in [0, 0.05) is 23.0 Å². The van der Waals surface area contributed by atoms with E-state index in [4.69, 9.17) is 4.98 Å². The first-order valence-corrected chi connectivity index (χ1v) is 10.3. The molecule has 0 saturated carbocycles. The lowest BCUT2D eigenvalue weighted by atomic mass is 10.1. The van der Waals surface area contributed by atoms with Crippen molar-refractivity contribution in [2.45, 2.75) is 44.2 Å². The van der Waals surface area contributed by atoms with Gasteiger partial charge >= 0.3 is 0 Å². The Morgan fingerprint density at radius 2 is 1.89 bits per heavy atom. The van der Waals surface area contributed by atoms with Gasteiger partial charge < -0.3 is 4.90 Å². The molecule has 0 radical (unpaired) electrons. The molecule has 0 bridgehead atoms. The summed E-state index contributed by atoms with van der Waals surface area (Å²) in [5, 5.41) is 1.90. The molecule has 0 unspecified atom stereocenters. The molecular weight excluding hydrogens is 354 g/mol. The number of thioether (sulfide) groups is 1. The Morgan fingerprint density at radius 3 is 2.70 bits per heavy atom. The maximum Gasteiger partial charge on any atom is 0.237 e. The number of aromatic nitrogens is 2. The Labute approximate surface area is 164 Å². The normalized spacial score (nSPS) is 16.1. The van der Waals surface area contributed by atoms with Crippen LogP contribution in [0.2, 0.25) is 0 Å². The number of hydrogen-bond acceptors (Lipinski definition) is 4. The lowest BCUT2D eigenvalue weighted by Gasteiger charge is -2.22. The van der Waals surface area contributed by atoms with Crippen molar-refractivity contribution in [1.29, 1.82) is 0 Å². The van der Waals surface area contributed by atoms with Gasteiger partial charge in [-0.15, -0.1) is 0 Å². The Morgan fingerprint density at radius 1 is 1.15 bits per heavy atom. The molecule has 1 amide bonds. The van der Waals surface area contributed by atoms with Crippen molar-refractivity contribution in [1.82, 2.24) is 9.97 Å². The van der Waals surface area contributed by atoms with Gasteiger partial charge in [-0.2, -0.15) is 0 Å². The third-order valence-electron chi connectivity index (χ3n) is 4.91. The van der Waals surface area contributed by atoms with Crippen molar-refractivity contribution >= 4 is 34.3 Å². The third-order valence-corrected chi connectivity index (χ3v) is 5.89. The first-order chi connectivity index (χ1) is 13.0. The Balaban J connectivity index is 1.59. The number of hydrogen-bond donors (Lipinski definition) is 0. The van der Waals surface area contributed by atoms with Crippen molar-refractivity contribution in [3.8, 4) is 0 Å². The molecule has 0 aliphatic carbocycles. The van der Waals surface area contributed by atoms with Gasteiger partial charge in [0.15, 0.2) is 0 Å². The summed E-state index contributed by atoms with van der Waals surface area (Å²) in [5.74, 6) is 1.57. The summed E-state index contributed by atoms with van der Waals surface area (Å²) >= 11 is 1.51. The summed E-state index contributed by atoms with van der Waals surface area (Å²) < 4.78 is 0. The predicted octanol–water partition coefficient (Wildman–Crippen LogP) is 4.82. The molecule has 3 aromatic rings. The fraction of sp³-hybridized carbons (Fsp3) is 0.318. The van der Waals surface area contributed by atoms with Gasteiger partial charge in [-0.05, 0) is 31.0 Å². The number of rotatable bonds is 4. The second-order valence-corrected chi connectivity index (χ2v) is 8.26. The van der Waals surface area contributed by atoms with E-state index in [-0.39, 0.29) is 17.9 Å². The van der Waals surface area contributed by atoms with Crippen LogP contribution < -0.4 is 4.90 Å². The molecule has 4 rings (SSSR count). The molecule has 27 heavy (non-hydrogen) atoms. The van der Waals surface area contributed by atoms with Gasteiger partial charge in [0.2, 0.25) is 5.91 Å². The molecular formula is C22H23N3OS. The second kappa shape index (κ2) is 7.31. The zero-order valence-electron chi connectivity index (χ0n) is 15.8. The highest BCUT2D eigenvalue weighted by atomic mass is 32.2. The Kier molecular flexibility index (Phi) is 4.87. The lowest BCUT2D eigenvalue weighted by Crippen LogP contribution is -2.37. The molecule has 1 atom stereocenters. The van der Waals surface area contributed by atoms with E-state index in [2.05, 4.69) is 31.8 Å². The fourth-order valence-electron chi connectivity index (χ4n) is 3.58. The van der Waals surface area contributed by atoms with E-state index in [0.29, 0.717) is 5.75 Å². The van der Waals surface area contributed by atoms with Crippen molar-refractivity contribution in [2.24, 2.45) is 0 Å². The lowest BCUT2D eigenvalue weighted by molar-refractivity contribution is -0.116. The number of carbonyl (C=O) groups is 1. The zero-order valence-corrected chi connectivity index (χ0v) is 16.7. The summed E-state index contributed by atoms with van der Waals surface area (Å²) in [6, 6.07) is 16.4. The molecule has 0 saturated heterocycles. The summed E-state index contributed by atoms with van der Waals surface area (Å²) in [6.45, 7) is 6.29. The maximum absolute atomic E-state index is 13.0. The largest absolute Gasteiger partial charge is 0.308 e. The van der Waals surface area contributed by atoms with Gasteiger partial charge in [-0.1, -0.05) is 62.0 Å². The summed E-state index contributed by atoms with van der Waals surface area (Å²) in [4.78, 5) is 24.4. The number of nitrogens with zero attached hydrogens (tertiary/aromatic N) is 3. The van der Waals surface area contributed by atoms with E-state index < -0.39 is 0 Å². The van der Waals surface area contributed by atoms with E-state index in [9.17, 15) is 4.79 Å². The van der Waals surface area contributed by atoms with Gasteiger partial charge in [0.25, 0.3) is 0 Å². The number of carbonyl (C=O) groups excluding carboxylic acids is 1. The van der Waals surface area contributed by atoms with Crippen LogP contribution >= 0.6 is 11.8 Å². The second-order valence-electron chi connectivity index (χ2n) is 7.29. The first kappa shape index (κ1) is 18.0. The minimum absolute atomic E-state index is 0.131. The molecule has 2 aromatic carbocycles. The smallest absolute Gasteiger partial charge is 0.237 e. The Hall–Kier alpha value is -2.40. The standard InChI is InChI=1S/C22H23N3OS/c1-14(2)21-23-18-10-6-5-9-17(18)22(24-21)27-13-20(26)25-15(3)12-16-8-4-7-11-19(16)25/h4-11,14-15H,12-13H2,1-3H3/t15-/m1/s1. The number of para-hydroxylation sites is 2. The topological polar surface area (TPSA) is 46.1 Å². The summed E-state index contributed by atoms with van der Waals surface area (Å²) in [6.07, 6.45) is 0.917. The quantitative estimate of drug-likeness (QED) is 0.483. The fourth-order valence-corrected chi connectivity index (χ4v) is 4.46. The van der Waals surface area contributed by atoms with E-state index >= 15 is 0 Å². The van der Waals surface area contributed by atoms with Crippen molar-refractivity contribution in [2.75, 3.05) is 10.7 Å². The average molecular weight is 378 g/mol. The molecule has 1 aromatic heterocycles. The van der Waals surface area contributed by atoms with Gasteiger partial charge in [0.05, 0.1) is 11.3 Å². The zero-order chi connectivity index (χ0) is 19.0.